The number of hydrogen-bond acceptors (Lipinski definition) is 3. The van der Waals surface area contributed by atoms with Gasteiger partial charge in [0.05, 0.1) is 5.56 Å². The lowest BCUT2D eigenvalue weighted by atomic mass is 10.1. The molecule has 1 atom stereocenters. The minimum atomic E-state index is 0.113. The number of halogens is 1. The molecule has 5 heteroatoms. The molecule has 0 aromatic carbocycles. The summed E-state index contributed by atoms with van der Waals surface area (Å²) in [6.45, 7) is 3.92. The summed E-state index contributed by atoms with van der Waals surface area (Å²) in [5.74, 6) is 0.113. The molecule has 3 rings (SSSR count). The van der Waals surface area contributed by atoms with E-state index in [0.717, 1.165) is 24.2 Å². The van der Waals surface area contributed by atoms with Gasteiger partial charge in [0.2, 0.25) is 0 Å². The first kappa shape index (κ1) is 12.1. The summed E-state index contributed by atoms with van der Waals surface area (Å²) in [6, 6.07) is 4.23. The highest BCUT2D eigenvalue weighted by atomic mass is 79.9. The Morgan fingerprint density at radius 1 is 1.33 bits per heavy atom. The van der Waals surface area contributed by atoms with Gasteiger partial charge in [-0.2, -0.15) is 0 Å². The van der Waals surface area contributed by atoms with Gasteiger partial charge in [-0.05, 0) is 47.4 Å². The minimum Gasteiger partial charge on any atom is -0.336 e. The number of carbonyl (C=O) groups is 1. The molecule has 4 nitrogen and oxygen atoms in total. The quantitative estimate of drug-likeness (QED) is 0.742. The van der Waals surface area contributed by atoms with Crippen molar-refractivity contribution in [3.63, 3.8) is 0 Å². The van der Waals surface area contributed by atoms with Crippen molar-refractivity contribution in [2.75, 3.05) is 26.2 Å². The van der Waals surface area contributed by atoms with Crippen LogP contribution < -0.4 is 0 Å². The molecule has 2 fully saturated rings. The van der Waals surface area contributed by atoms with E-state index in [1.807, 2.05) is 17.0 Å². The maximum Gasteiger partial charge on any atom is 0.255 e. The average Bonchev–Trinajstić information content (AvgIpc) is 2.86. The fourth-order valence-electron chi connectivity index (χ4n) is 2.86. The first-order valence-corrected chi connectivity index (χ1v) is 7.18. The van der Waals surface area contributed by atoms with Gasteiger partial charge in [0.15, 0.2) is 0 Å². The second-order valence-corrected chi connectivity index (χ2v) is 5.77. The number of aromatic nitrogens is 1. The van der Waals surface area contributed by atoms with Crippen LogP contribution in [0.25, 0.3) is 0 Å². The van der Waals surface area contributed by atoms with Crippen molar-refractivity contribution < 1.29 is 4.79 Å². The van der Waals surface area contributed by atoms with Crippen LogP contribution in [0.3, 0.4) is 0 Å². The predicted octanol–water partition coefficient (Wildman–Crippen LogP) is 1.76. The normalized spacial score (nSPS) is 24.1. The number of piperazine rings is 1. The van der Waals surface area contributed by atoms with E-state index >= 15 is 0 Å². The first-order chi connectivity index (χ1) is 8.74. The van der Waals surface area contributed by atoms with Crippen LogP contribution in [0.5, 0.6) is 0 Å². The Hall–Kier alpha value is -0.940. The zero-order valence-electron chi connectivity index (χ0n) is 10.2. The molecular formula is C13H16BrN3O. The van der Waals surface area contributed by atoms with E-state index in [9.17, 15) is 4.79 Å². The van der Waals surface area contributed by atoms with Gasteiger partial charge in [-0.1, -0.05) is 0 Å². The molecule has 2 aliphatic heterocycles. The number of rotatable bonds is 1. The van der Waals surface area contributed by atoms with Gasteiger partial charge in [-0.3, -0.25) is 9.69 Å². The van der Waals surface area contributed by atoms with Crippen LogP contribution in [-0.4, -0.2) is 52.9 Å². The van der Waals surface area contributed by atoms with Crippen LogP contribution in [0.2, 0.25) is 0 Å². The molecule has 2 aliphatic rings. The van der Waals surface area contributed by atoms with Gasteiger partial charge in [-0.15, -0.1) is 0 Å². The summed E-state index contributed by atoms with van der Waals surface area (Å²) in [6.07, 6.45) is 4.14. The van der Waals surface area contributed by atoms with Crippen molar-refractivity contribution >= 4 is 21.8 Å². The molecule has 0 saturated carbocycles. The van der Waals surface area contributed by atoms with Crippen molar-refractivity contribution in [1.29, 1.82) is 0 Å². The Bertz CT molecular complexity index is 448. The molecule has 1 aromatic heterocycles. The second-order valence-electron chi connectivity index (χ2n) is 4.95. The molecule has 96 valence electrons. The topological polar surface area (TPSA) is 36.4 Å². The fourth-order valence-corrected chi connectivity index (χ4v) is 3.10. The van der Waals surface area contributed by atoms with Gasteiger partial charge in [0.25, 0.3) is 5.91 Å². The van der Waals surface area contributed by atoms with Gasteiger partial charge in [0.1, 0.15) is 4.60 Å². The Morgan fingerprint density at radius 3 is 3.00 bits per heavy atom. The summed E-state index contributed by atoms with van der Waals surface area (Å²) in [7, 11) is 0. The van der Waals surface area contributed by atoms with Crippen LogP contribution in [0.1, 0.15) is 23.2 Å². The van der Waals surface area contributed by atoms with Crippen molar-refractivity contribution in [3.8, 4) is 0 Å². The van der Waals surface area contributed by atoms with Gasteiger partial charge < -0.3 is 4.90 Å². The van der Waals surface area contributed by atoms with Crippen LogP contribution in [0.15, 0.2) is 22.9 Å². The Balaban J connectivity index is 1.71. The molecule has 0 spiro atoms. The van der Waals surface area contributed by atoms with E-state index in [1.165, 1.54) is 19.4 Å². The number of carbonyl (C=O) groups excluding carboxylic acids is 1. The minimum absolute atomic E-state index is 0.113. The SMILES string of the molecule is O=C(c1ccc(Br)nc1)N1CCN2CCCC2C1. The van der Waals surface area contributed by atoms with Crippen LogP contribution in [0.4, 0.5) is 0 Å². The third-order valence-electron chi connectivity index (χ3n) is 3.85. The Labute approximate surface area is 115 Å². The molecule has 3 heterocycles. The fraction of sp³-hybridized carbons (Fsp3) is 0.538. The molecule has 2 saturated heterocycles. The summed E-state index contributed by atoms with van der Waals surface area (Å²) < 4.78 is 0.764. The molecule has 1 unspecified atom stereocenters. The second kappa shape index (κ2) is 4.97. The number of fused-ring (bicyclic) bond motifs is 1. The maximum absolute atomic E-state index is 12.4. The maximum atomic E-state index is 12.4. The van der Waals surface area contributed by atoms with Crippen molar-refractivity contribution in [1.82, 2.24) is 14.8 Å². The van der Waals surface area contributed by atoms with Crippen molar-refractivity contribution in [2.24, 2.45) is 0 Å². The van der Waals surface area contributed by atoms with E-state index < -0.39 is 0 Å². The van der Waals surface area contributed by atoms with E-state index in [1.54, 1.807) is 6.20 Å². The number of amides is 1. The third kappa shape index (κ3) is 2.29. The molecule has 18 heavy (non-hydrogen) atoms. The van der Waals surface area contributed by atoms with E-state index in [-0.39, 0.29) is 5.91 Å². The highest BCUT2D eigenvalue weighted by molar-refractivity contribution is 9.10. The molecule has 1 amide bonds. The Morgan fingerprint density at radius 2 is 2.22 bits per heavy atom. The van der Waals surface area contributed by atoms with Crippen LogP contribution >= 0.6 is 15.9 Å². The third-order valence-corrected chi connectivity index (χ3v) is 4.32. The summed E-state index contributed by atoms with van der Waals surface area (Å²) in [5.41, 5.74) is 0.685. The standard InChI is InChI=1S/C13H16BrN3O/c14-12-4-3-10(8-15-12)13(18)17-7-6-16-5-1-2-11(16)9-17/h3-4,8,11H,1-2,5-7,9H2. The summed E-state index contributed by atoms with van der Waals surface area (Å²) in [5, 5.41) is 0. The van der Waals surface area contributed by atoms with Crippen LogP contribution in [0, 0.1) is 0 Å². The number of pyridine rings is 1. The lowest BCUT2D eigenvalue weighted by Gasteiger charge is -2.37. The summed E-state index contributed by atoms with van der Waals surface area (Å²) >= 11 is 3.28. The Kier molecular flexibility index (Phi) is 3.35. The first-order valence-electron chi connectivity index (χ1n) is 6.39. The monoisotopic (exact) mass is 309 g/mol. The molecule has 1 aromatic rings. The van der Waals surface area contributed by atoms with Crippen LogP contribution in [-0.2, 0) is 0 Å². The number of hydrogen-bond donors (Lipinski definition) is 0. The van der Waals surface area contributed by atoms with Gasteiger partial charge in [-0.25, -0.2) is 4.98 Å². The largest absolute Gasteiger partial charge is 0.336 e. The lowest BCUT2D eigenvalue weighted by Crippen LogP contribution is -2.52. The molecule has 0 aliphatic carbocycles. The van der Waals surface area contributed by atoms with E-state index in [0.29, 0.717) is 11.6 Å². The number of nitrogens with zero attached hydrogens (tertiary/aromatic N) is 3. The zero-order valence-corrected chi connectivity index (χ0v) is 11.8. The van der Waals surface area contributed by atoms with Crippen molar-refractivity contribution in [3.05, 3.63) is 28.5 Å². The molecule has 0 bridgehead atoms. The van der Waals surface area contributed by atoms with E-state index in [4.69, 9.17) is 0 Å². The lowest BCUT2D eigenvalue weighted by molar-refractivity contribution is 0.0571. The average molecular weight is 310 g/mol. The summed E-state index contributed by atoms with van der Waals surface area (Å²) in [4.78, 5) is 20.9. The predicted molar refractivity (Wildman–Crippen MR) is 72.4 cm³/mol. The van der Waals surface area contributed by atoms with E-state index in [2.05, 4.69) is 25.8 Å². The molecular weight excluding hydrogens is 294 g/mol. The highest BCUT2D eigenvalue weighted by Gasteiger charge is 2.32. The molecule has 0 N–H and O–H groups in total. The smallest absolute Gasteiger partial charge is 0.255 e. The van der Waals surface area contributed by atoms with Gasteiger partial charge >= 0.3 is 0 Å². The van der Waals surface area contributed by atoms with Gasteiger partial charge in [0, 0.05) is 31.9 Å². The van der Waals surface area contributed by atoms with Crippen molar-refractivity contribution in [2.45, 2.75) is 18.9 Å². The molecule has 0 radical (unpaired) electrons. The highest BCUT2D eigenvalue weighted by Crippen LogP contribution is 2.22. The zero-order chi connectivity index (χ0) is 12.5.